The van der Waals surface area contributed by atoms with Crippen LogP contribution in [0.4, 0.5) is 14.9 Å². The molecule has 0 spiro atoms. The fraction of sp³-hybridized carbons (Fsp3) is 0.304. The summed E-state index contributed by atoms with van der Waals surface area (Å²) in [6.45, 7) is 0.512. The SMILES string of the molecule is Cc1cc2c(cc1NC(=O)OCCCC(=O)N[C@@H](CC(N)=O)C(=O)CF)[nH]c1ccccc12. The number of aryl methyl sites for hydroxylation is 1. The van der Waals surface area contributed by atoms with Gasteiger partial charge in [-0.05, 0) is 37.1 Å². The summed E-state index contributed by atoms with van der Waals surface area (Å²) in [4.78, 5) is 49.8. The third kappa shape index (κ3) is 6.06. The van der Waals surface area contributed by atoms with E-state index in [0.29, 0.717) is 5.69 Å². The van der Waals surface area contributed by atoms with E-state index in [2.05, 4.69) is 15.6 Å². The summed E-state index contributed by atoms with van der Waals surface area (Å²) in [5.74, 6) is -2.34. The molecule has 5 N–H and O–H groups in total. The zero-order valence-electron chi connectivity index (χ0n) is 18.1. The number of anilines is 1. The van der Waals surface area contributed by atoms with Gasteiger partial charge in [0.1, 0.15) is 6.67 Å². The van der Waals surface area contributed by atoms with Gasteiger partial charge in [0.25, 0.3) is 0 Å². The van der Waals surface area contributed by atoms with Crippen molar-refractivity contribution in [2.75, 3.05) is 18.6 Å². The van der Waals surface area contributed by atoms with E-state index in [0.717, 1.165) is 27.4 Å². The molecule has 0 unspecified atom stereocenters. The number of halogens is 1. The number of aromatic nitrogens is 1. The van der Waals surface area contributed by atoms with Gasteiger partial charge in [0, 0.05) is 33.9 Å². The molecule has 0 radical (unpaired) electrons. The normalized spacial score (nSPS) is 11.8. The lowest BCUT2D eigenvalue weighted by molar-refractivity contribution is -0.130. The van der Waals surface area contributed by atoms with E-state index in [1.54, 1.807) is 0 Å². The van der Waals surface area contributed by atoms with E-state index in [9.17, 15) is 23.6 Å². The van der Waals surface area contributed by atoms with Gasteiger partial charge in [-0.25, -0.2) is 9.18 Å². The maximum Gasteiger partial charge on any atom is 0.411 e. The van der Waals surface area contributed by atoms with Crippen LogP contribution in [0.3, 0.4) is 0 Å². The molecule has 0 aliphatic rings. The van der Waals surface area contributed by atoms with E-state index in [1.165, 1.54) is 0 Å². The Morgan fingerprint density at radius 3 is 2.61 bits per heavy atom. The fourth-order valence-corrected chi connectivity index (χ4v) is 3.49. The average molecular weight is 456 g/mol. The zero-order chi connectivity index (χ0) is 24.0. The largest absolute Gasteiger partial charge is 0.449 e. The molecule has 1 atom stereocenters. The van der Waals surface area contributed by atoms with Crippen molar-refractivity contribution in [2.45, 2.75) is 32.2 Å². The maximum absolute atomic E-state index is 12.6. The zero-order valence-corrected chi connectivity index (χ0v) is 18.1. The number of ketones is 1. The molecule has 3 aromatic rings. The Morgan fingerprint density at radius 2 is 1.88 bits per heavy atom. The van der Waals surface area contributed by atoms with Gasteiger partial charge in [-0.1, -0.05) is 18.2 Å². The first-order valence-electron chi connectivity index (χ1n) is 10.4. The molecule has 33 heavy (non-hydrogen) atoms. The highest BCUT2D eigenvalue weighted by Gasteiger charge is 2.22. The Hall–Kier alpha value is -3.95. The van der Waals surface area contributed by atoms with Crippen molar-refractivity contribution in [3.05, 3.63) is 42.0 Å². The van der Waals surface area contributed by atoms with Gasteiger partial charge in [-0.15, -0.1) is 0 Å². The van der Waals surface area contributed by atoms with Crippen molar-refractivity contribution < 1.29 is 28.3 Å². The van der Waals surface area contributed by atoms with Crippen LogP contribution in [0.2, 0.25) is 0 Å². The second kappa shape index (κ2) is 10.6. The lowest BCUT2D eigenvalue weighted by Crippen LogP contribution is -2.44. The number of amides is 3. The molecule has 0 saturated carbocycles. The van der Waals surface area contributed by atoms with E-state index in [4.69, 9.17) is 10.5 Å². The first-order valence-corrected chi connectivity index (χ1v) is 10.4. The Bertz CT molecular complexity index is 1210. The number of primary amides is 1. The van der Waals surface area contributed by atoms with Crippen LogP contribution in [-0.4, -0.2) is 48.0 Å². The van der Waals surface area contributed by atoms with Gasteiger partial charge in [-0.2, -0.15) is 0 Å². The van der Waals surface area contributed by atoms with Crippen LogP contribution in [0.25, 0.3) is 21.8 Å². The summed E-state index contributed by atoms with van der Waals surface area (Å²) in [6, 6.07) is 10.4. The Balaban J connectivity index is 1.49. The van der Waals surface area contributed by atoms with Crippen LogP contribution in [0.15, 0.2) is 36.4 Å². The maximum atomic E-state index is 12.6. The Morgan fingerprint density at radius 1 is 1.12 bits per heavy atom. The minimum absolute atomic E-state index is 0.0511. The van der Waals surface area contributed by atoms with E-state index >= 15 is 0 Å². The van der Waals surface area contributed by atoms with Gasteiger partial charge in [-0.3, -0.25) is 19.7 Å². The molecule has 1 heterocycles. The number of fused-ring (bicyclic) bond motifs is 3. The van der Waals surface area contributed by atoms with Crippen LogP contribution in [0, 0.1) is 6.92 Å². The second-order valence-corrected chi connectivity index (χ2v) is 7.64. The number of hydrogen-bond acceptors (Lipinski definition) is 5. The molecular weight excluding hydrogens is 431 g/mol. The number of ether oxygens (including phenoxy) is 1. The number of aromatic amines is 1. The predicted molar refractivity (Wildman–Crippen MR) is 121 cm³/mol. The number of Topliss-reactive ketones (excluding diaryl/α,β-unsaturated/α-hetero) is 1. The molecule has 0 saturated heterocycles. The highest BCUT2D eigenvalue weighted by molar-refractivity contribution is 6.09. The van der Waals surface area contributed by atoms with Crippen molar-refractivity contribution in [1.29, 1.82) is 0 Å². The van der Waals surface area contributed by atoms with Crippen molar-refractivity contribution in [1.82, 2.24) is 10.3 Å². The topological polar surface area (TPSA) is 143 Å². The molecule has 1 aromatic heterocycles. The van der Waals surface area contributed by atoms with Gasteiger partial charge in [0.05, 0.1) is 19.1 Å². The molecule has 174 valence electrons. The van der Waals surface area contributed by atoms with Crippen molar-refractivity contribution in [3.8, 4) is 0 Å². The highest BCUT2D eigenvalue weighted by Crippen LogP contribution is 2.29. The van der Waals surface area contributed by atoms with Gasteiger partial charge < -0.3 is 20.8 Å². The van der Waals surface area contributed by atoms with Crippen LogP contribution < -0.4 is 16.4 Å². The number of nitrogens with two attached hydrogens (primary N) is 1. The standard InChI is InChI=1S/C23H25FN4O5/c1-13-9-15-14-5-2-3-6-16(14)26-18(15)10-17(13)28-23(32)33-8-4-7-22(31)27-19(11-21(25)30)20(29)12-24/h2-3,5-6,9-10,19,26H,4,7-8,11-12H2,1H3,(H2,25,30)(H,27,31)(H,28,32)/t19-/m0/s1. The number of hydrogen-bond donors (Lipinski definition) is 4. The first-order chi connectivity index (χ1) is 15.8. The third-order valence-electron chi connectivity index (χ3n) is 5.13. The molecule has 3 amide bonds. The number of para-hydroxylation sites is 1. The number of H-pyrrole nitrogens is 1. The molecule has 0 aliphatic heterocycles. The van der Waals surface area contributed by atoms with Crippen molar-refractivity contribution in [2.24, 2.45) is 5.73 Å². The summed E-state index contributed by atoms with van der Waals surface area (Å²) in [5.41, 5.74) is 8.34. The Labute approximate surface area is 188 Å². The lowest BCUT2D eigenvalue weighted by Gasteiger charge is -2.14. The first kappa shape index (κ1) is 23.7. The average Bonchev–Trinajstić information content (AvgIpc) is 3.13. The van der Waals surface area contributed by atoms with Gasteiger partial charge >= 0.3 is 6.09 Å². The van der Waals surface area contributed by atoms with Crippen LogP contribution in [0.1, 0.15) is 24.8 Å². The van der Waals surface area contributed by atoms with E-state index < -0.39 is 42.8 Å². The lowest BCUT2D eigenvalue weighted by atomic mass is 10.1. The minimum Gasteiger partial charge on any atom is -0.449 e. The molecule has 0 bridgehead atoms. The third-order valence-corrected chi connectivity index (χ3v) is 5.13. The summed E-state index contributed by atoms with van der Waals surface area (Å²) in [6.07, 6.45) is -1.06. The summed E-state index contributed by atoms with van der Waals surface area (Å²) < 4.78 is 17.7. The molecule has 2 aromatic carbocycles. The number of carbonyl (C=O) groups excluding carboxylic acids is 4. The second-order valence-electron chi connectivity index (χ2n) is 7.64. The van der Waals surface area contributed by atoms with Gasteiger partial charge in [0.15, 0.2) is 5.78 Å². The number of rotatable bonds is 10. The molecular formula is C23H25FN4O5. The number of nitrogens with one attached hydrogen (secondary N) is 3. The van der Waals surface area contributed by atoms with E-state index in [-0.39, 0.29) is 19.4 Å². The van der Waals surface area contributed by atoms with Crippen molar-refractivity contribution >= 4 is 51.2 Å². The molecule has 0 aliphatic carbocycles. The van der Waals surface area contributed by atoms with Crippen molar-refractivity contribution in [3.63, 3.8) is 0 Å². The number of alkyl halides is 1. The number of carbonyl (C=O) groups is 4. The number of benzene rings is 2. The van der Waals surface area contributed by atoms with Gasteiger partial charge in [0.2, 0.25) is 11.8 Å². The Kier molecular flexibility index (Phi) is 7.60. The quantitative estimate of drug-likeness (QED) is 0.347. The minimum atomic E-state index is -1.31. The smallest absolute Gasteiger partial charge is 0.411 e. The summed E-state index contributed by atoms with van der Waals surface area (Å²) >= 11 is 0. The summed E-state index contributed by atoms with van der Waals surface area (Å²) in [5, 5.41) is 7.11. The highest BCUT2D eigenvalue weighted by atomic mass is 19.1. The molecule has 10 heteroatoms. The van der Waals surface area contributed by atoms with E-state index in [1.807, 2.05) is 43.3 Å². The fourth-order valence-electron chi connectivity index (χ4n) is 3.49. The van der Waals surface area contributed by atoms with Crippen LogP contribution in [-0.2, 0) is 19.1 Å². The molecule has 9 nitrogen and oxygen atoms in total. The predicted octanol–water partition coefficient (Wildman–Crippen LogP) is 2.86. The molecule has 3 rings (SSSR count). The monoisotopic (exact) mass is 456 g/mol. The van der Waals surface area contributed by atoms with Crippen LogP contribution in [0.5, 0.6) is 0 Å². The molecule has 0 fully saturated rings. The summed E-state index contributed by atoms with van der Waals surface area (Å²) in [7, 11) is 0. The van der Waals surface area contributed by atoms with Crippen LogP contribution >= 0.6 is 0 Å².